The van der Waals surface area contributed by atoms with Crippen molar-refractivity contribution >= 4 is 11.8 Å². The number of carbonyl (C=O) groups excluding carboxylic acids is 2. The topological polar surface area (TPSA) is 92.1 Å². The Morgan fingerprint density at radius 1 is 1.27 bits per heavy atom. The quantitative estimate of drug-likeness (QED) is 0.897. The first-order valence-corrected chi connectivity index (χ1v) is 7.34. The summed E-state index contributed by atoms with van der Waals surface area (Å²) in [6.07, 6.45) is 1.54. The summed E-state index contributed by atoms with van der Waals surface area (Å²) >= 11 is 0. The van der Waals surface area contributed by atoms with Crippen LogP contribution < -0.4 is 5.73 Å². The highest BCUT2D eigenvalue weighted by atomic mass is 16.2. The third-order valence-electron chi connectivity index (χ3n) is 3.99. The Hall–Kier alpha value is -2.63. The Labute approximate surface area is 128 Å². The van der Waals surface area contributed by atoms with Crippen molar-refractivity contribution < 1.29 is 9.59 Å². The summed E-state index contributed by atoms with van der Waals surface area (Å²) in [4.78, 5) is 25.5. The predicted octanol–water partition coefficient (Wildman–Crippen LogP) is 1.41. The molecule has 2 aromatic rings. The van der Waals surface area contributed by atoms with Crippen molar-refractivity contribution in [2.75, 3.05) is 13.1 Å². The van der Waals surface area contributed by atoms with Gasteiger partial charge in [0.05, 0.1) is 11.6 Å². The molecule has 0 unspecified atom stereocenters. The Balaban J connectivity index is 1.76. The SMILES string of the molecule is NC(=O)[C@@H]1CCCN(C(=O)c2cc(-c3ccccc3)n[nH]2)C1. The molecule has 114 valence electrons. The van der Waals surface area contributed by atoms with Gasteiger partial charge in [-0.1, -0.05) is 30.3 Å². The van der Waals surface area contributed by atoms with Gasteiger partial charge in [0, 0.05) is 18.7 Å². The number of benzene rings is 1. The fraction of sp³-hybridized carbons (Fsp3) is 0.312. The fourth-order valence-electron chi connectivity index (χ4n) is 2.75. The van der Waals surface area contributed by atoms with Crippen LogP contribution in [-0.4, -0.2) is 40.0 Å². The summed E-state index contributed by atoms with van der Waals surface area (Å²) in [5, 5.41) is 6.98. The Morgan fingerprint density at radius 2 is 2.05 bits per heavy atom. The molecule has 0 spiro atoms. The molecule has 1 saturated heterocycles. The van der Waals surface area contributed by atoms with Gasteiger partial charge in [0.1, 0.15) is 5.69 Å². The number of hydrogen-bond acceptors (Lipinski definition) is 3. The highest BCUT2D eigenvalue weighted by molar-refractivity contribution is 5.94. The van der Waals surface area contributed by atoms with Crippen molar-refractivity contribution in [3.8, 4) is 11.3 Å². The van der Waals surface area contributed by atoms with Gasteiger partial charge >= 0.3 is 0 Å². The van der Waals surface area contributed by atoms with E-state index in [0.717, 1.165) is 24.1 Å². The molecule has 6 nitrogen and oxygen atoms in total. The molecule has 1 aromatic carbocycles. The van der Waals surface area contributed by atoms with Crippen molar-refractivity contribution in [3.63, 3.8) is 0 Å². The lowest BCUT2D eigenvalue weighted by Gasteiger charge is -2.30. The second-order valence-electron chi connectivity index (χ2n) is 5.53. The second kappa shape index (κ2) is 6.01. The third kappa shape index (κ3) is 2.86. The number of nitrogens with zero attached hydrogens (tertiary/aromatic N) is 2. The number of rotatable bonds is 3. The molecule has 1 aliphatic heterocycles. The molecule has 0 aliphatic carbocycles. The van der Waals surface area contributed by atoms with Gasteiger partial charge in [-0.3, -0.25) is 14.7 Å². The zero-order valence-electron chi connectivity index (χ0n) is 12.2. The zero-order valence-corrected chi connectivity index (χ0v) is 12.2. The van der Waals surface area contributed by atoms with Crippen LogP contribution in [0.2, 0.25) is 0 Å². The van der Waals surface area contributed by atoms with Gasteiger partial charge in [0.2, 0.25) is 5.91 Å². The summed E-state index contributed by atoms with van der Waals surface area (Å²) in [5.74, 6) is -0.734. The number of aromatic amines is 1. The van der Waals surface area contributed by atoms with Crippen LogP contribution in [0.15, 0.2) is 36.4 Å². The maximum atomic E-state index is 12.5. The average molecular weight is 298 g/mol. The first-order valence-electron chi connectivity index (χ1n) is 7.34. The lowest BCUT2D eigenvalue weighted by atomic mass is 9.97. The van der Waals surface area contributed by atoms with E-state index in [4.69, 9.17) is 5.73 Å². The Kier molecular flexibility index (Phi) is 3.91. The summed E-state index contributed by atoms with van der Waals surface area (Å²) < 4.78 is 0. The molecule has 2 heterocycles. The van der Waals surface area contributed by atoms with Crippen molar-refractivity contribution in [2.45, 2.75) is 12.8 Å². The first kappa shape index (κ1) is 14.3. The lowest BCUT2D eigenvalue weighted by Crippen LogP contribution is -2.44. The minimum absolute atomic E-state index is 0.138. The zero-order chi connectivity index (χ0) is 15.5. The minimum atomic E-state index is -0.341. The van der Waals surface area contributed by atoms with E-state index in [0.29, 0.717) is 18.8 Å². The number of nitrogens with two attached hydrogens (primary N) is 1. The molecule has 3 N–H and O–H groups in total. The van der Waals surface area contributed by atoms with E-state index >= 15 is 0 Å². The summed E-state index contributed by atoms with van der Waals surface area (Å²) in [6, 6.07) is 11.4. The molecule has 0 radical (unpaired) electrons. The second-order valence-corrected chi connectivity index (χ2v) is 5.53. The summed E-state index contributed by atoms with van der Waals surface area (Å²) in [7, 11) is 0. The van der Waals surface area contributed by atoms with Gasteiger partial charge in [0.25, 0.3) is 5.91 Å². The molecule has 2 amide bonds. The summed E-state index contributed by atoms with van der Waals surface area (Å²) in [6.45, 7) is 1.02. The van der Waals surface area contributed by atoms with Crippen molar-refractivity contribution in [2.24, 2.45) is 11.7 Å². The molecule has 1 atom stereocenters. The number of amides is 2. The van der Waals surface area contributed by atoms with Crippen LogP contribution in [0.4, 0.5) is 0 Å². The van der Waals surface area contributed by atoms with E-state index in [1.807, 2.05) is 30.3 Å². The molecule has 1 aromatic heterocycles. The molecule has 0 saturated carbocycles. The largest absolute Gasteiger partial charge is 0.369 e. The molecule has 0 bridgehead atoms. The van der Waals surface area contributed by atoms with Gasteiger partial charge in [0.15, 0.2) is 0 Å². The molecular weight excluding hydrogens is 280 g/mol. The van der Waals surface area contributed by atoms with Crippen LogP contribution in [0.5, 0.6) is 0 Å². The van der Waals surface area contributed by atoms with Gasteiger partial charge in [-0.15, -0.1) is 0 Å². The van der Waals surface area contributed by atoms with E-state index < -0.39 is 0 Å². The monoisotopic (exact) mass is 298 g/mol. The molecule has 3 rings (SSSR count). The number of nitrogens with one attached hydrogen (secondary N) is 1. The van der Waals surface area contributed by atoms with E-state index in [-0.39, 0.29) is 17.7 Å². The number of likely N-dealkylation sites (tertiary alicyclic amines) is 1. The van der Waals surface area contributed by atoms with Crippen molar-refractivity contribution in [1.29, 1.82) is 0 Å². The third-order valence-corrected chi connectivity index (χ3v) is 3.99. The lowest BCUT2D eigenvalue weighted by molar-refractivity contribution is -0.123. The van der Waals surface area contributed by atoms with Gasteiger partial charge < -0.3 is 10.6 Å². The summed E-state index contributed by atoms with van der Waals surface area (Å²) in [5.41, 5.74) is 7.47. The Bertz CT molecular complexity index is 680. The van der Waals surface area contributed by atoms with Crippen LogP contribution in [0, 0.1) is 5.92 Å². The smallest absolute Gasteiger partial charge is 0.271 e. The van der Waals surface area contributed by atoms with E-state index in [9.17, 15) is 9.59 Å². The molecule has 1 aliphatic rings. The van der Waals surface area contributed by atoms with Crippen LogP contribution in [0.25, 0.3) is 11.3 Å². The number of carbonyl (C=O) groups is 2. The van der Waals surface area contributed by atoms with Gasteiger partial charge in [-0.05, 0) is 18.9 Å². The fourth-order valence-corrected chi connectivity index (χ4v) is 2.75. The number of aromatic nitrogens is 2. The number of H-pyrrole nitrogens is 1. The van der Waals surface area contributed by atoms with Crippen LogP contribution in [0.3, 0.4) is 0 Å². The van der Waals surface area contributed by atoms with Crippen molar-refractivity contribution in [1.82, 2.24) is 15.1 Å². The molecule has 1 fully saturated rings. The van der Waals surface area contributed by atoms with Crippen LogP contribution in [-0.2, 0) is 4.79 Å². The van der Waals surface area contributed by atoms with E-state index in [1.54, 1.807) is 11.0 Å². The molecule has 22 heavy (non-hydrogen) atoms. The van der Waals surface area contributed by atoms with Gasteiger partial charge in [-0.25, -0.2) is 0 Å². The van der Waals surface area contributed by atoms with Gasteiger partial charge in [-0.2, -0.15) is 5.10 Å². The highest BCUT2D eigenvalue weighted by Gasteiger charge is 2.28. The van der Waals surface area contributed by atoms with E-state index in [1.165, 1.54) is 0 Å². The first-order chi connectivity index (χ1) is 10.6. The number of piperidine rings is 1. The minimum Gasteiger partial charge on any atom is -0.369 e. The number of hydrogen-bond donors (Lipinski definition) is 2. The number of primary amides is 1. The highest BCUT2D eigenvalue weighted by Crippen LogP contribution is 2.21. The Morgan fingerprint density at radius 3 is 2.77 bits per heavy atom. The molecule has 6 heteroatoms. The van der Waals surface area contributed by atoms with Crippen LogP contribution in [0.1, 0.15) is 23.3 Å². The van der Waals surface area contributed by atoms with E-state index in [2.05, 4.69) is 10.2 Å². The maximum Gasteiger partial charge on any atom is 0.271 e. The predicted molar refractivity (Wildman–Crippen MR) is 81.8 cm³/mol. The average Bonchev–Trinajstić information content (AvgIpc) is 3.05. The van der Waals surface area contributed by atoms with Crippen molar-refractivity contribution in [3.05, 3.63) is 42.1 Å². The standard InChI is InChI=1S/C16H18N4O2/c17-15(21)12-7-4-8-20(10-12)16(22)14-9-13(18-19-14)11-5-2-1-3-6-11/h1-3,5-6,9,12H,4,7-8,10H2,(H2,17,21)(H,18,19)/t12-/m1/s1. The normalized spacial score (nSPS) is 18.2. The molecular formula is C16H18N4O2. The maximum absolute atomic E-state index is 12.5. The van der Waals surface area contributed by atoms with Crippen LogP contribution >= 0.6 is 0 Å².